The molecule has 4 nitrogen and oxygen atoms in total. The van der Waals surface area contributed by atoms with Crippen molar-refractivity contribution < 1.29 is 9.59 Å². The van der Waals surface area contributed by atoms with E-state index in [-0.39, 0.29) is 23.9 Å². The van der Waals surface area contributed by atoms with Crippen LogP contribution in [0.3, 0.4) is 0 Å². The minimum atomic E-state index is -0.280. The maximum Gasteiger partial charge on any atom is 0.264 e. The molecule has 1 heterocycles. The van der Waals surface area contributed by atoms with Gasteiger partial charge >= 0.3 is 0 Å². The summed E-state index contributed by atoms with van der Waals surface area (Å²) in [6.07, 6.45) is 7.16. The first-order valence-electron chi connectivity index (χ1n) is 9.02. The summed E-state index contributed by atoms with van der Waals surface area (Å²) >= 11 is 1.63. The molecule has 134 valence electrons. The van der Waals surface area contributed by atoms with Crippen molar-refractivity contribution in [2.24, 2.45) is 0 Å². The molecule has 0 bridgehead atoms. The first kappa shape index (κ1) is 19.0. The first-order chi connectivity index (χ1) is 11.3. The van der Waals surface area contributed by atoms with Crippen LogP contribution in [0.2, 0.25) is 0 Å². The minimum Gasteiger partial charge on any atom is -0.350 e. The number of fused-ring (bicyclic) bond motifs is 1. The minimum absolute atomic E-state index is 0.0155. The maximum atomic E-state index is 12.8. The van der Waals surface area contributed by atoms with Crippen molar-refractivity contribution in [3.05, 3.63) is 21.4 Å². The highest BCUT2D eigenvalue weighted by molar-refractivity contribution is 7.14. The highest BCUT2D eigenvalue weighted by Gasteiger charge is 2.23. The molecule has 1 N–H and O–H groups in total. The third-order valence-electron chi connectivity index (χ3n) is 4.23. The zero-order chi connectivity index (χ0) is 17.7. The highest BCUT2D eigenvalue weighted by atomic mass is 32.1. The lowest BCUT2D eigenvalue weighted by Crippen LogP contribution is -2.47. The van der Waals surface area contributed by atoms with Gasteiger partial charge in [-0.05, 0) is 65.0 Å². The molecule has 1 aromatic heterocycles. The Balaban J connectivity index is 2.08. The first-order valence-corrected chi connectivity index (χ1v) is 9.83. The summed E-state index contributed by atoms with van der Waals surface area (Å²) in [5.74, 6) is -0.120. The quantitative estimate of drug-likeness (QED) is 0.898. The van der Waals surface area contributed by atoms with E-state index in [9.17, 15) is 9.59 Å². The average Bonchev–Trinajstić information content (AvgIpc) is 2.84. The highest BCUT2D eigenvalue weighted by Crippen LogP contribution is 2.29. The van der Waals surface area contributed by atoms with Crippen molar-refractivity contribution in [1.82, 2.24) is 10.2 Å². The topological polar surface area (TPSA) is 49.4 Å². The van der Waals surface area contributed by atoms with Crippen LogP contribution in [-0.4, -0.2) is 35.3 Å². The van der Waals surface area contributed by atoms with Gasteiger partial charge in [0.2, 0.25) is 5.91 Å². The Kier molecular flexibility index (Phi) is 6.44. The van der Waals surface area contributed by atoms with Gasteiger partial charge in [-0.3, -0.25) is 9.59 Å². The molecule has 2 amide bonds. The number of aryl methyl sites for hydroxylation is 2. The van der Waals surface area contributed by atoms with Gasteiger partial charge in [0.1, 0.15) is 0 Å². The number of hydrogen-bond acceptors (Lipinski definition) is 3. The molecule has 0 unspecified atom stereocenters. The second-order valence-corrected chi connectivity index (χ2v) is 8.73. The van der Waals surface area contributed by atoms with Gasteiger partial charge in [-0.2, -0.15) is 0 Å². The molecule has 0 spiro atoms. The van der Waals surface area contributed by atoms with Crippen LogP contribution in [0.5, 0.6) is 0 Å². The second-order valence-electron chi connectivity index (χ2n) is 7.59. The van der Waals surface area contributed by atoms with E-state index in [4.69, 9.17) is 0 Å². The fourth-order valence-corrected chi connectivity index (χ4v) is 4.29. The van der Waals surface area contributed by atoms with Gasteiger partial charge in [0, 0.05) is 17.0 Å². The lowest BCUT2D eigenvalue weighted by molar-refractivity contribution is -0.123. The summed E-state index contributed by atoms with van der Waals surface area (Å²) < 4.78 is 0. The summed E-state index contributed by atoms with van der Waals surface area (Å²) in [6, 6.07) is 2.07. The van der Waals surface area contributed by atoms with Gasteiger partial charge in [-0.25, -0.2) is 0 Å². The predicted octanol–water partition coefficient (Wildman–Crippen LogP) is 3.78. The van der Waals surface area contributed by atoms with Gasteiger partial charge < -0.3 is 10.2 Å². The largest absolute Gasteiger partial charge is 0.350 e. The standard InChI is InChI=1S/C19H30N2O2S/c1-5-21(13-17(22)20-19(2,3)4)18(23)16-12-14-10-8-6-7-9-11-15(14)24-16/h12H,5-11,13H2,1-4H3,(H,20,22). The lowest BCUT2D eigenvalue weighted by Gasteiger charge is -2.24. The van der Waals surface area contributed by atoms with Crippen molar-refractivity contribution >= 4 is 23.2 Å². The van der Waals surface area contributed by atoms with Crippen molar-refractivity contribution in [3.8, 4) is 0 Å². The molecule has 0 saturated heterocycles. The van der Waals surface area contributed by atoms with E-state index < -0.39 is 0 Å². The molecule has 0 saturated carbocycles. The molecular weight excluding hydrogens is 320 g/mol. The molecule has 1 aliphatic carbocycles. The summed E-state index contributed by atoms with van der Waals surface area (Å²) in [5, 5.41) is 2.93. The summed E-state index contributed by atoms with van der Waals surface area (Å²) in [4.78, 5) is 28.8. The lowest BCUT2D eigenvalue weighted by atomic mass is 10.00. The molecule has 0 aromatic carbocycles. The SMILES string of the molecule is CCN(CC(=O)NC(C)(C)C)C(=O)c1cc2c(s1)CCCCCC2. The average molecular weight is 351 g/mol. The number of carbonyl (C=O) groups excluding carboxylic acids is 2. The maximum absolute atomic E-state index is 12.8. The molecule has 2 rings (SSSR count). The zero-order valence-corrected chi connectivity index (χ0v) is 16.2. The fourth-order valence-electron chi connectivity index (χ4n) is 3.06. The van der Waals surface area contributed by atoms with E-state index in [2.05, 4.69) is 11.4 Å². The van der Waals surface area contributed by atoms with Crippen LogP contribution in [0.1, 0.15) is 73.5 Å². The molecule has 24 heavy (non-hydrogen) atoms. The molecule has 1 aliphatic rings. The van der Waals surface area contributed by atoms with Crippen LogP contribution in [-0.2, 0) is 17.6 Å². The van der Waals surface area contributed by atoms with Gasteiger partial charge in [0.15, 0.2) is 0 Å². The molecular formula is C19H30N2O2S. The Morgan fingerprint density at radius 2 is 1.83 bits per heavy atom. The Hall–Kier alpha value is -1.36. The van der Waals surface area contributed by atoms with E-state index >= 15 is 0 Å². The Morgan fingerprint density at radius 1 is 1.17 bits per heavy atom. The molecule has 0 fully saturated rings. The van der Waals surface area contributed by atoms with Crippen LogP contribution in [0, 0.1) is 0 Å². The second kappa shape index (κ2) is 8.15. The summed E-state index contributed by atoms with van der Waals surface area (Å²) in [6.45, 7) is 8.42. The fraction of sp³-hybridized carbons (Fsp3) is 0.684. The van der Waals surface area contributed by atoms with Gasteiger partial charge in [-0.1, -0.05) is 12.8 Å². The van der Waals surface area contributed by atoms with E-state index in [0.29, 0.717) is 6.54 Å². The van der Waals surface area contributed by atoms with Crippen molar-refractivity contribution in [3.63, 3.8) is 0 Å². The number of nitrogens with one attached hydrogen (secondary N) is 1. The summed E-state index contributed by atoms with van der Waals surface area (Å²) in [7, 11) is 0. The van der Waals surface area contributed by atoms with Gasteiger partial charge in [0.05, 0.1) is 11.4 Å². The number of thiophene rings is 1. The smallest absolute Gasteiger partial charge is 0.264 e. The van der Waals surface area contributed by atoms with E-state index in [1.54, 1.807) is 16.2 Å². The van der Waals surface area contributed by atoms with Crippen molar-refractivity contribution in [1.29, 1.82) is 0 Å². The Morgan fingerprint density at radius 3 is 2.46 bits per heavy atom. The van der Waals surface area contributed by atoms with Gasteiger partial charge in [0.25, 0.3) is 5.91 Å². The van der Waals surface area contributed by atoms with Crippen LogP contribution in [0.4, 0.5) is 0 Å². The number of hydrogen-bond donors (Lipinski definition) is 1. The van der Waals surface area contributed by atoms with Crippen LogP contribution in [0.15, 0.2) is 6.07 Å². The van der Waals surface area contributed by atoms with Crippen molar-refractivity contribution in [2.45, 2.75) is 71.8 Å². The molecule has 1 aromatic rings. The Labute approximate surface area is 149 Å². The number of likely N-dealkylation sites (N-methyl/N-ethyl adjacent to an activating group) is 1. The number of nitrogens with zero attached hydrogens (tertiary/aromatic N) is 1. The summed E-state index contributed by atoms with van der Waals surface area (Å²) in [5.41, 5.74) is 1.07. The van der Waals surface area contributed by atoms with Gasteiger partial charge in [-0.15, -0.1) is 11.3 Å². The number of carbonyl (C=O) groups is 2. The zero-order valence-electron chi connectivity index (χ0n) is 15.4. The monoisotopic (exact) mass is 350 g/mol. The van der Waals surface area contributed by atoms with Crippen molar-refractivity contribution in [2.75, 3.05) is 13.1 Å². The third-order valence-corrected chi connectivity index (χ3v) is 5.45. The van der Waals surface area contributed by atoms with E-state index in [1.165, 1.54) is 36.1 Å². The molecule has 0 radical (unpaired) electrons. The molecule has 0 atom stereocenters. The molecule has 0 aliphatic heterocycles. The Bertz CT molecular complexity index is 561. The molecule has 5 heteroatoms. The van der Waals surface area contributed by atoms with Crippen LogP contribution < -0.4 is 5.32 Å². The van der Waals surface area contributed by atoms with Crippen LogP contribution in [0.25, 0.3) is 0 Å². The normalized spacial score (nSPS) is 15.2. The third kappa shape index (κ3) is 5.33. The number of rotatable bonds is 4. The number of amides is 2. The van der Waals surface area contributed by atoms with E-state index in [0.717, 1.165) is 17.7 Å². The predicted molar refractivity (Wildman–Crippen MR) is 99.7 cm³/mol. The van der Waals surface area contributed by atoms with E-state index in [1.807, 2.05) is 27.7 Å². The van der Waals surface area contributed by atoms with Crippen LogP contribution >= 0.6 is 11.3 Å².